The van der Waals surface area contributed by atoms with Gasteiger partial charge >= 0.3 is 12.0 Å². The lowest BCUT2D eigenvalue weighted by Crippen LogP contribution is -2.56. The van der Waals surface area contributed by atoms with Gasteiger partial charge < -0.3 is 19.6 Å². The van der Waals surface area contributed by atoms with Crippen molar-refractivity contribution in [2.24, 2.45) is 0 Å². The van der Waals surface area contributed by atoms with E-state index in [0.29, 0.717) is 19.7 Å². The number of carboxylic acid groups (broad SMARTS) is 1. The van der Waals surface area contributed by atoms with Crippen LogP contribution in [0.2, 0.25) is 0 Å². The molecule has 0 aliphatic carbocycles. The molecule has 0 saturated carbocycles. The number of carbonyl (C=O) groups is 2. The maximum absolute atomic E-state index is 12.3. The maximum atomic E-state index is 12.3. The zero-order valence-corrected chi connectivity index (χ0v) is 11.0. The average Bonchev–Trinajstić information content (AvgIpc) is 2.66. The Bertz CT molecular complexity index is 318. The molecule has 2 rings (SSSR count). The Balaban J connectivity index is 2.02. The first kappa shape index (κ1) is 13.5. The second-order valence-electron chi connectivity index (χ2n) is 4.36. The van der Waals surface area contributed by atoms with E-state index in [9.17, 15) is 9.59 Å². The number of rotatable bonds is 1. The predicted molar refractivity (Wildman–Crippen MR) is 67.9 cm³/mol. The van der Waals surface area contributed by atoms with Crippen molar-refractivity contribution in [3.05, 3.63) is 0 Å². The highest BCUT2D eigenvalue weighted by molar-refractivity contribution is 7.99. The van der Waals surface area contributed by atoms with E-state index in [4.69, 9.17) is 9.84 Å². The smallest absolute Gasteiger partial charge is 0.328 e. The topological polar surface area (TPSA) is 70.1 Å². The van der Waals surface area contributed by atoms with E-state index in [1.807, 2.05) is 11.8 Å². The van der Waals surface area contributed by atoms with Crippen molar-refractivity contribution in [3.8, 4) is 0 Å². The molecule has 0 spiro atoms. The van der Waals surface area contributed by atoms with Gasteiger partial charge in [0.1, 0.15) is 0 Å². The molecule has 1 N–H and O–H groups in total. The molecule has 6 nitrogen and oxygen atoms in total. The van der Waals surface area contributed by atoms with E-state index in [2.05, 4.69) is 0 Å². The number of urea groups is 1. The Morgan fingerprint density at radius 1 is 1.22 bits per heavy atom. The molecule has 2 amide bonds. The number of amides is 2. The maximum Gasteiger partial charge on any atom is 0.328 e. The minimum absolute atomic E-state index is 0.0870. The number of carbonyl (C=O) groups excluding carboxylic acids is 1. The van der Waals surface area contributed by atoms with Crippen molar-refractivity contribution in [2.75, 3.05) is 44.4 Å². The average molecular weight is 274 g/mol. The normalized spacial score (nSPS) is 25.7. The van der Waals surface area contributed by atoms with Crippen LogP contribution in [0, 0.1) is 0 Å². The van der Waals surface area contributed by atoms with E-state index in [1.54, 1.807) is 4.90 Å². The van der Waals surface area contributed by atoms with Gasteiger partial charge in [0.15, 0.2) is 6.04 Å². The number of ether oxygens (including phenoxy) is 1. The molecule has 1 unspecified atom stereocenters. The minimum Gasteiger partial charge on any atom is -0.480 e. The highest BCUT2D eigenvalue weighted by Gasteiger charge is 2.35. The summed E-state index contributed by atoms with van der Waals surface area (Å²) in [6.45, 7) is 2.28. The van der Waals surface area contributed by atoms with Crippen LogP contribution >= 0.6 is 11.8 Å². The minimum atomic E-state index is -0.993. The van der Waals surface area contributed by atoms with Gasteiger partial charge in [0, 0.05) is 25.4 Å². The zero-order chi connectivity index (χ0) is 13.0. The number of nitrogens with zero attached hydrogens (tertiary/aromatic N) is 2. The van der Waals surface area contributed by atoms with Gasteiger partial charge in [-0.25, -0.2) is 9.59 Å². The van der Waals surface area contributed by atoms with Gasteiger partial charge in [0.05, 0.1) is 13.2 Å². The van der Waals surface area contributed by atoms with Crippen LogP contribution in [0.25, 0.3) is 0 Å². The molecule has 0 bridgehead atoms. The van der Waals surface area contributed by atoms with Crippen LogP contribution in [0.3, 0.4) is 0 Å². The molecule has 18 heavy (non-hydrogen) atoms. The van der Waals surface area contributed by atoms with Crippen LogP contribution in [0.4, 0.5) is 4.79 Å². The Kier molecular flexibility index (Phi) is 4.71. The van der Waals surface area contributed by atoms with Crippen LogP contribution in [0.15, 0.2) is 0 Å². The third kappa shape index (κ3) is 3.08. The van der Waals surface area contributed by atoms with Gasteiger partial charge in [-0.1, -0.05) is 0 Å². The monoisotopic (exact) mass is 274 g/mol. The van der Waals surface area contributed by atoms with Crippen molar-refractivity contribution >= 4 is 23.8 Å². The van der Waals surface area contributed by atoms with E-state index >= 15 is 0 Å². The first-order valence-electron chi connectivity index (χ1n) is 6.14. The van der Waals surface area contributed by atoms with E-state index < -0.39 is 12.0 Å². The Morgan fingerprint density at radius 2 is 2.06 bits per heavy atom. The van der Waals surface area contributed by atoms with Gasteiger partial charge in [0.2, 0.25) is 0 Å². The van der Waals surface area contributed by atoms with Crippen molar-refractivity contribution in [1.29, 1.82) is 0 Å². The standard InChI is InChI=1S/C11H18N2O4S/c14-10(15)9-8-17-5-3-13(9)11(16)12-2-1-6-18-7-4-12/h9H,1-8H2,(H,14,15). The molecule has 0 aromatic heterocycles. The SMILES string of the molecule is O=C(O)C1COCCN1C(=O)N1CCCSCC1. The second kappa shape index (κ2) is 6.29. The number of morpholine rings is 1. The van der Waals surface area contributed by atoms with E-state index in [1.165, 1.54) is 4.90 Å². The second-order valence-corrected chi connectivity index (χ2v) is 5.58. The summed E-state index contributed by atoms with van der Waals surface area (Å²) in [6, 6.07) is -1.00. The summed E-state index contributed by atoms with van der Waals surface area (Å²) >= 11 is 1.84. The van der Waals surface area contributed by atoms with Crippen LogP contribution in [-0.2, 0) is 9.53 Å². The summed E-state index contributed by atoms with van der Waals surface area (Å²) in [7, 11) is 0. The highest BCUT2D eigenvalue weighted by atomic mass is 32.2. The Hall–Kier alpha value is -0.950. The lowest BCUT2D eigenvalue weighted by Gasteiger charge is -2.36. The largest absolute Gasteiger partial charge is 0.480 e. The molecule has 2 heterocycles. The summed E-state index contributed by atoms with van der Waals surface area (Å²) in [5.41, 5.74) is 0. The first-order valence-corrected chi connectivity index (χ1v) is 7.29. The van der Waals surface area contributed by atoms with Crippen LogP contribution < -0.4 is 0 Å². The Labute approximate surface area is 110 Å². The number of aliphatic carboxylic acids is 1. The molecule has 7 heteroatoms. The van der Waals surface area contributed by atoms with Crippen LogP contribution in [-0.4, -0.2) is 77.3 Å². The van der Waals surface area contributed by atoms with Crippen molar-refractivity contribution in [3.63, 3.8) is 0 Å². The van der Waals surface area contributed by atoms with Gasteiger partial charge in [0.25, 0.3) is 0 Å². The van der Waals surface area contributed by atoms with Crippen molar-refractivity contribution in [2.45, 2.75) is 12.5 Å². The van der Waals surface area contributed by atoms with Gasteiger partial charge in [-0.15, -0.1) is 0 Å². The van der Waals surface area contributed by atoms with Crippen molar-refractivity contribution < 1.29 is 19.4 Å². The van der Waals surface area contributed by atoms with Crippen LogP contribution in [0.5, 0.6) is 0 Å². The molecule has 2 aliphatic heterocycles. The molecule has 1 atom stereocenters. The molecular weight excluding hydrogens is 256 g/mol. The quantitative estimate of drug-likeness (QED) is 0.746. The molecule has 0 aromatic rings. The predicted octanol–water partition coefficient (Wildman–Crippen LogP) is 0.331. The van der Waals surface area contributed by atoms with Gasteiger partial charge in [-0.05, 0) is 12.2 Å². The van der Waals surface area contributed by atoms with Crippen LogP contribution in [0.1, 0.15) is 6.42 Å². The fourth-order valence-electron chi connectivity index (χ4n) is 2.16. The molecule has 2 saturated heterocycles. The summed E-state index contributed by atoms with van der Waals surface area (Å²) in [5, 5.41) is 9.11. The fraction of sp³-hybridized carbons (Fsp3) is 0.818. The van der Waals surface area contributed by atoms with Gasteiger partial charge in [-0.3, -0.25) is 0 Å². The third-order valence-electron chi connectivity index (χ3n) is 3.15. The summed E-state index contributed by atoms with van der Waals surface area (Å²) in [6.07, 6.45) is 0.971. The lowest BCUT2D eigenvalue weighted by atomic mass is 10.2. The molecule has 0 radical (unpaired) electrons. The fourth-order valence-corrected chi connectivity index (χ4v) is 3.04. The molecule has 0 aromatic carbocycles. The van der Waals surface area contributed by atoms with E-state index in [-0.39, 0.29) is 12.6 Å². The van der Waals surface area contributed by atoms with E-state index in [0.717, 1.165) is 24.5 Å². The van der Waals surface area contributed by atoms with Crippen molar-refractivity contribution in [1.82, 2.24) is 9.80 Å². The summed E-state index contributed by atoms with van der Waals surface area (Å²) in [5.74, 6) is 0.996. The summed E-state index contributed by atoms with van der Waals surface area (Å²) in [4.78, 5) is 26.7. The molecule has 2 fully saturated rings. The number of carboxylic acids is 1. The molecular formula is C11H18N2O4S. The van der Waals surface area contributed by atoms with Gasteiger partial charge in [-0.2, -0.15) is 11.8 Å². The first-order chi connectivity index (χ1) is 8.70. The third-order valence-corrected chi connectivity index (χ3v) is 4.20. The Morgan fingerprint density at radius 3 is 2.83 bits per heavy atom. The molecule has 2 aliphatic rings. The number of thioether (sulfide) groups is 1. The molecule has 102 valence electrons. The zero-order valence-electron chi connectivity index (χ0n) is 10.2. The number of hydrogen-bond donors (Lipinski definition) is 1. The number of hydrogen-bond acceptors (Lipinski definition) is 4. The lowest BCUT2D eigenvalue weighted by molar-refractivity contribution is -0.147. The highest BCUT2D eigenvalue weighted by Crippen LogP contribution is 2.15. The summed E-state index contributed by atoms with van der Waals surface area (Å²) < 4.78 is 5.14.